The quantitative estimate of drug-likeness (QED) is 0.835. The standard InChI is InChI=1S/C17H16F3NO/c18-13-7-6-12(11-22-21-8-1-2-9-21)15(10-13)14-4-3-5-16(19)17(14)20/h3-7,10H,1-2,8-9,11H2. The van der Waals surface area contributed by atoms with Gasteiger partial charge in [-0.1, -0.05) is 18.2 Å². The molecule has 0 unspecified atom stereocenters. The van der Waals surface area contributed by atoms with Crippen LogP contribution in [0, 0.1) is 17.5 Å². The van der Waals surface area contributed by atoms with Crippen LogP contribution in [-0.2, 0) is 11.4 Å². The molecule has 1 heterocycles. The molecule has 0 saturated carbocycles. The first-order valence-corrected chi connectivity index (χ1v) is 7.26. The number of hydroxylamine groups is 2. The van der Waals surface area contributed by atoms with Crippen molar-refractivity contribution in [3.8, 4) is 11.1 Å². The minimum absolute atomic E-state index is 0.0412. The first-order valence-electron chi connectivity index (χ1n) is 7.26. The Morgan fingerprint density at radius 2 is 1.73 bits per heavy atom. The summed E-state index contributed by atoms with van der Waals surface area (Å²) < 4.78 is 41.0. The van der Waals surface area contributed by atoms with Crippen molar-refractivity contribution in [2.24, 2.45) is 0 Å². The van der Waals surface area contributed by atoms with Crippen molar-refractivity contribution in [2.75, 3.05) is 13.1 Å². The molecular formula is C17H16F3NO. The van der Waals surface area contributed by atoms with E-state index in [4.69, 9.17) is 4.84 Å². The number of hydrogen-bond donors (Lipinski definition) is 0. The van der Waals surface area contributed by atoms with Crippen LogP contribution in [0.15, 0.2) is 36.4 Å². The van der Waals surface area contributed by atoms with Crippen LogP contribution in [-0.4, -0.2) is 18.2 Å². The van der Waals surface area contributed by atoms with Gasteiger partial charge in [-0.25, -0.2) is 13.2 Å². The van der Waals surface area contributed by atoms with Gasteiger partial charge in [-0.15, -0.1) is 0 Å². The fourth-order valence-corrected chi connectivity index (χ4v) is 2.62. The number of rotatable bonds is 4. The molecule has 0 aromatic heterocycles. The molecule has 2 aromatic rings. The Hall–Kier alpha value is -1.85. The van der Waals surface area contributed by atoms with Gasteiger partial charge < -0.3 is 0 Å². The van der Waals surface area contributed by atoms with Crippen LogP contribution in [0.25, 0.3) is 11.1 Å². The number of halogens is 3. The van der Waals surface area contributed by atoms with Gasteiger partial charge in [0.25, 0.3) is 0 Å². The molecule has 0 N–H and O–H groups in total. The lowest BCUT2D eigenvalue weighted by Gasteiger charge is -2.17. The van der Waals surface area contributed by atoms with E-state index in [1.165, 1.54) is 24.3 Å². The Kier molecular flexibility index (Phi) is 4.45. The van der Waals surface area contributed by atoms with E-state index in [1.807, 2.05) is 5.06 Å². The zero-order valence-corrected chi connectivity index (χ0v) is 12.0. The highest BCUT2D eigenvalue weighted by atomic mass is 19.2. The first kappa shape index (κ1) is 15.1. The predicted octanol–water partition coefficient (Wildman–Crippen LogP) is 4.30. The SMILES string of the molecule is Fc1ccc(CON2CCCC2)c(-c2cccc(F)c2F)c1. The summed E-state index contributed by atoms with van der Waals surface area (Å²) in [5.41, 5.74) is 0.980. The van der Waals surface area contributed by atoms with Crippen molar-refractivity contribution in [1.29, 1.82) is 0 Å². The van der Waals surface area contributed by atoms with Crippen LogP contribution in [0.4, 0.5) is 13.2 Å². The molecule has 1 fully saturated rings. The molecule has 116 valence electrons. The van der Waals surface area contributed by atoms with Crippen LogP contribution < -0.4 is 0 Å². The van der Waals surface area contributed by atoms with Gasteiger partial charge in [-0.2, -0.15) is 5.06 Å². The Morgan fingerprint density at radius 3 is 2.50 bits per heavy atom. The van der Waals surface area contributed by atoms with Gasteiger partial charge in [0.2, 0.25) is 0 Å². The highest BCUT2D eigenvalue weighted by Gasteiger charge is 2.16. The number of nitrogens with zero attached hydrogens (tertiary/aromatic N) is 1. The summed E-state index contributed by atoms with van der Waals surface area (Å²) in [5.74, 6) is -2.42. The Morgan fingerprint density at radius 1 is 0.955 bits per heavy atom. The molecule has 1 aliphatic rings. The summed E-state index contributed by atoms with van der Waals surface area (Å²) in [6, 6.07) is 7.93. The van der Waals surface area contributed by atoms with E-state index in [0.29, 0.717) is 11.1 Å². The van der Waals surface area contributed by atoms with Crippen LogP contribution >= 0.6 is 0 Å². The van der Waals surface area contributed by atoms with Crippen LogP contribution in [0.2, 0.25) is 0 Å². The van der Waals surface area contributed by atoms with Gasteiger partial charge >= 0.3 is 0 Å². The smallest absolute Gasteiger partial charge is 0.166 e. The molecule has 1 saturated heterocycles. The van der Waals surface area contributed by atoms with Gasteiger partial charge in [0.1, 0.15) is 5.82 Å². The largest absolute Gasteiger partial charge is 0.294 e. The second-order valence-corrected chi connectivity index (χ2v) is 5.31. The summed E-state index contributed by atoms with van der Waals surface area (Å²) in [6.07, 6.45) is 2.16. The maximum Gasteiger partial charge on any atom is 0.166 e. The fourth-order valence-electron chi connectivity index (χ4n) is 2.62. The monoisotopic (exact) mass is 307 g/mol. The van der Waals surface area contributed by atoms with Crippen LogP contribution in [0.3, 0.4) is 0 Å². The molecule has 0 atom stereocenters. The Bertz CT molecular complexity index is 669. The number of hydrogen-bond acceptors (Lipinski definition) is 2. The maximum absolute atomic E-state index is 14.0. The van der Waals surface area contributed by atoms with Crippen molar-refractivity contribution in [3.05, 3.63) is 59.4 Å². The number of benzene rings is 2. The highest BCUT2D eigenvalue weighted by molar-refractivity contribution is 5.68. The summed E-state index contributed by atoms with van der Waals surface area (Å²) >= 11 is 0. The van der Waals surface area contributed by atoms with E-state index in [2.05, 4.69) is 0 Å². The zero-order valence-electron chi connectivity index (χ0n) is 12.0. The average molecular weight is 307 g/mol. The second-order valence-electron chi connectivity index (χ2n) is 5.31. The maximum atomic E-state index is 14.0. The lowest BCUT2D eigenvalue weighted by molar-refractivity contribution is -0.153. The molecular weight excluding hydrogens is 291 g/mol. The van der Waals surface area contributed by atoms with E-state index in [1.54, 1.807) is 6.07 Å². The molecule has 3 rings (SSSR count). The third-order valence-electron chi connectivity index (χ3n) is 3.78. The van der Waals surface area contributed by atoms with Gasteiger partial charge in [0.05, 0.1) is 6.61 Å². The van der Waals surface area contributed by atoms with Gasteiger partial charge in [0, 0.05) is 18.7 Å². The lowest BCUT2D eigenvalue weighted by Crippen LogP contribution is -2.19. The van der Waals surface area contributed by atoms with Crippen molar-refractivity contribution >= 4 is 0 Å². The molecule has 0 aliphatic carbocycles. The molecule has 2 aromatic carbocycles. The van der Waals surface area contributed by atoms with Crippen molar-refractivity contribution in [3.63, 3.8) is 0 Å². The van der Waals surface area contributed by atoms with Gasteiger partial charge in [-0.05, 0) is 42.2 Å². The minimum Gasteiger partial charge on any atom is -0.294 e. The van der Waals surface area contributed by atoms with E-state index in [9.17, 15) is 13.2 Å². The topological polar surface area (TPSA) is 12.5 Å². The molecule has 2 nitrogen and oxygen atoms in total. The second kappa shape index (κ2) is 6.50. The average Bonchev–Trinajstić information content (AvgIpc) is 3.02. The fraction of sp³-hybridized carbons (Fsp3) is 0.294. The zero-order chi connectivity index (χ0) is 15.5. The normalized spacial score (nSPS) is 15.4. The van der Waals surface area contributed by atoms with Crippen LogP contribution in [0.1, 0.15) is 18.4 Å². The lowest BCUT2D eigenvalue weighted by atomic mass is 9.99. The molecule has 1 aliphatic heterocycles. The first-order chi connectivity index (χ1) is 10.6. The Labute approximate surface area is 127 Å². The molecule has 0 spiro atoms. The highest BCUT2D eigenvalue weighted by Crippen LogP contribution is 2.29. The minimum atomic E-state index is -0.976. The molecule has 5 heteroatoms. The van der Waals surface area contributed by atoms with Crippen molar-refractivity contribution < 1.29 is 18.0 Å². The summed E-state index contributed by atoms with van der Waals surface area (Å²) in [4.78, 5) is 5.66. The van der Waals surface area contributed by atoms with Gasteiger partial charge in [-0.3, -0.25) is 4.84 Å². The summed E-state index contributed by atoms with van der Waals surface area (Å²) in [7, 11) is 0. The van der Waals surface area contributed by atoms with Crippen molar-refractivity contribution in [2.45, 2.75) is 19.4 Å². The van der Waals surface area contributed by atoms with Crippen LogP contribution in [0.5, 0.6) is 0 Å². The van der Waals surface area contributed by atoms with E-state index >= 15 is 0 Å². The summed E-state index contributed by atoms with van der Waals surface area (Å²) in [6.45, 7) is 1.90. The third-order valence-corrected chi connectivity index (χ3v) is 3.78. The van der Waals surface area contributed by atoms with Crippen molar-refractivity contribution in [1.82, 2.24) is 5.06 Å². The van der Waals surface area contributed by atoms with E-state index < -0.39 is 17.5 Å². The molecule has 0 radical (unpaired) electrons. The molecule has 22 heavy (non-hydrogen) atoms. The summed E-state index contributed by atoms with van der Waals surface area (Å²) in [5, 5.41) is 1.84. The predicted molar refractivity (Wildman–Crippen MR) is 77.3 cm³/mol. The van der Waals surface area contributed by atoms with E-state index in [0.717, 1.165) is 32.0 Å². The third kappa shape index (κ3) is 3.15. The molecule has 0 bridgehead atoms. The van der Waals surface area contributed by atoms with Gasteiger partial charge in [0.15, 0.2) is 11.6 Å². The molecule has 0 amide bonds. The Balaban J connectivity index is 1.91. The van der Waals surface area contributed by atoms with E-state index in [-0.39, 0.29) is 12.2 Å².